The maximum atomic E-state index is 12.5. The Morgan fingerprint density at radius 3 is 2.60 bits per heavy atom. The average Bonchev–Trinajstić information content (AvgIpc) is 3.33. The third-order valence-corrected chi connectivity index (χ3v) is 5.03. The third kappa shape index (κ3) is 1.67. The van der Waals surface area contributed by atoms with Crippen molar-refractivity contribution in [3.63, 3.8) is 0 Å². The van der Waals surface area contributed by atoms with Crippen LogP contribution in [0.1, 0.15) is 30.4 Å². The van der Waals surface area contributed by atoms with Gasteiger partial charge in [-0.1, -0.05) is 24.3 Å². The second kappa shape index (κ2) is 3.84. The molecule has 3 aliphatic rings. The Balaban J connectivity index is 1.58. The van der Waals surface area contributed by atoms with Gasteiger partial charge in [0.05, 0.1) is 11.8 Å². The summed E-state index contributed by atoms with van der Waals surface area (Å²) in [5.74, 6) is -1.52. The molecule has 1 aromatic rings. The number of carbonyl (C=O) groups is 2. The van der Waals surface area contributed by atoms with E-state index in [0.29, 0.717) is 13.0 Å². The Morgan fingerprint density at radius 2 is 1.95 bits per heavy atom. The van der Waals surface area contributed by atoms with Crippen molar-refractivity contribution in [2.45, 2.75) is 31.2 Å². The summed E-state index contributed by atoms with van der Waals surface area (Å²) < 4.78 is 0. The number of carboxylic acids is 1. The minimum Gasteiger partial charge on any atom is -0.481 e. The molecule has 0 saturated heterocycles. The van der Waals surface area contributed by atoms with Crippen LogP contribution in [0, 0.1) is 11.8 Å². The molecule has 1 N–H and O–H groups in total. The van der Waals surface area contributed by atoms with Gasteiger partial charge < -0.3 is 10.0 Å². The van der Waals surface area contributed by atoms with Crippen molar-refractivity contribution in [3.05, 3.63) is 35.4 Å². The van der Waals surface area contributed by atoms with Crippen molar-refractivity contribution >= 4 is 11.9 Å². The maximum absolute atomic E-state index is 12.5. The Morgan fingerprint density at radius 1 is 1.20 bits per heavy atom. The van der Waals surface area contributed by atoms with Gasteiger partial charge in [-0.2, -0.15) is 0 Å². The number of hydrogen-bond acceptors (Lipinski definition) is 2. The molecular weight excluding hydrogens is 254 g/mol. The van der Waals surface area contributed by atoms with Crippen LogP contribution in [0.3, 0.4) is 0 Å². The first kappa shape index (κ1) is 11.9. The van der Waals surface area contributed by atoms with E-state index in [1.54, 1.807) is 0 Å². The van der Waals surface area contributed by atoms with Crippen LogP contribution in [0.4, 0.5) is 0 Å². The highest BCUT2D eigenvalue weighted by molar-refractivity contribution is 5.89. The summed E-state index contributed by atoms with van der Waals surface area (Å²) >= 11 is 0. The molecule has 1 aliphatic heterocycles. The van der Waals surface area contributed by atoms with E-state index >= 15 is 0 Å². The molecule has 2 fully saturated rings. The van der Waals surface area contributed by atoms with Crippen molar-refractivity contribution in [2.75, 3.05) is 6.54 Å². The summed E-state index contributed by atoms with van der Waals surface area (Å²) in [6, 6.07) is 8.36. The summed E-state index contributed by atoms with van der Waals surface area (Å²) in [7, 11) is 0. The number of hydrogen-bond donors (Lipinski definition) is 1. The normalized spacial score (nSPS) is 28.9. The molecule has 2 unspecified atom stereocenters. The second-order valence-electron chi connectivity index (χ2n) is 6.42. The maximum Gasteiger partial charge on any atom is 0.307 e. The Hall–Kier alpha value is -1.84. The molecule has 0 bridgehead atoms. The number of amides is 1. The minimum absolute atomic E-state index is 0.0400. The van der Waals surface area contributed by atoms with Gasteiger partial charge in [0.1, 0.15) is 0 Å². The van der Waals surface area contributed by atoms with Gasteiger partial charge in [-0.3, -0.25) is 9.59 Å². The lowest BCUT2D eigenvalue weighted by atomic mass is 9.87. The van der Waals surface area contributed by atoms with Crippen LogP contribution in [0.2, 0.25) is 0 Å². The monoisotopic (exact) mass is 271 g/mol. The highest BCUT2D eigenvalue weighted by atomic mass is 16.4. The topological polar surface area (TPSA) is 57.6 Å². The number of rotatable bonds is 2. The Bertz CT molecular complexity index is 605. The number of carbonyl (C=O) groups excluding carboxylic acids is 1. The van der Waals surface area contributed by atoms with E-state index in [9.17, 15) is 9.59 Å². The zero-order chi connectivity index (χ0) is 13.9. The lowest BCUT2D eigenvalue weighted by molar-refractivity contribution is -0.142. The number of carboxylic acid groups (broad SMARTS) is 1. The molecule has 4 nitrogen and oxygen atoms in total. The van der Waals surface area contributed by atoms with Crippen molar-refractivity contribution in [3.8, 4) is 0 Å². The largest absolute Gasteiger partial charge is 0.481 e. The molecular formula is C16H17NO3. The predicted octanol–water partition coefficient (Wildman–Crippen LogP) is 1.78. The SMILES string of the molecule is O=C(O)C1CC1C(=O)N1Cc2ccccc2C2(CC2)C1. The van der Waals surface area contributed by atoms with Crippen LogP contribution in [0.15, 0.2) is 24.3 Å². The molecule has 1 heterocycles. The molecule has 1 amide bonds. The van der Waals surface area contributed by atoms with Crippen molar-refractivity contribution in [2.24, 2.45) is 11.8 Å². The molecule has 2 saturated carbocycles. The third-order valence-electron chi connectivity index (χ3n) is 5.03. The standard InChI is InChI=1S/C16H17NO3/c18-14(11-7-12(11)15(19)20)17-8-10-3-1-2-4-13(10)16(9-17)5-6-16/h1-4,11-12H,5-9H2,(H,19,20). The Kier molecular flexibility index (Phi) is 2.29. The van der Waals surface area contributed by atoms with E-state index in [2.05, 4.69) is 18.2 Å². The molecule has 0 radical (unpaired) electrons. The predicted molar refractivity (Wildman–Crippen MR) is 72.0 cm³/mol. The van der Waals surface area contributed by atoms with Gasteiger partial charge in [0.2, 0.25) is 5.91 Å². The summed E-state index contributed by atoms with van der Waals surface area (Å²) in [6.07, 6.45) is 2.79. The molecule has 1 spiro atoms. The van der Waals surface area contributed by atoms with E-state index in [0.717, 1.165) is 19.4 Å². The highest BCUT2D eigenvalue weighted by Crippen LogP contribution is 2.53. The molecule has 2 aliphatic carbocycles. The molecule has 1 aromatic carbocycles. The first-order valence-electron chi connectivity index (χ1n) is 7.21. The fourth-order valence-corrected chi connectivity index (χ4v) is 3.60. The molecule has 2 atom stereocenters. The summed E-state index contributed by atoms with van der Waals surface area (Å²) in [5.41, 5.74) is 2.80. The van der Waals surface area contributed by atoms with Crippen LogP contribution in [-0.2, 0) is 21.5 Å². The number of benzene rings is 1. The van der Waals surface area contributed by atoms with Crippen LogP contribution < -0.4 is 0 Å². The summed E-state index contributed by atoms with van der Waals surface area (Å²) in [6.45, 7) is 1.41. The quantitative estimate of drug-likeness (QED) is 0.892. The zero-order valence-electron chi connectivity index (χ0n) is 11.2. The van der Waals surface area contributed by atoms with Gasteiger partial charge in [-0.15, -0.1) is 0 Å². The molecule has 104 valence electrons. The minimum atomic E-state index is -0.832. The Labute approximate surface area is 117 Å². The fraction of sp³-hybridized carbons (Fsp3) is 0.500. The summed E-state index contributed by atoms with van der Waals surface area (Å²) in [5, 5.41) is 8.97. The highest BCUT2D eigenvalue weighted by Gasteiger charge is 2.54. The van der Waals surface area contributed by atoms with Crippen LogP contribution in [-0.4, -0.2) is 28.4 Å². The van der Waals surface area contributed by atoms with Gasteiger partial charge in [-0.25, -0.2) is 0 Å². The van der Waals surface area contributed by atoms with Crippen molar-refractivity contribution < 1.29 is 14.7 Å². The lowest BCUT2D eigenvalue weighted by Crippen LogP contribution is -2.42. The average molecular weight is 271 g/mol. The van der Waals surface area contributed by atoms with E-state index in [-0.39, 0.29) is 17.2 Å². The summed E-state index contributed by atoms with van der Waals surface area (Å²) in [4.78, 5) is 25.3. The van der Waals surface area contributed by atoms with E-state index in [1.807, 2.05) is 11.0 Å². The number of nitrogens with zero attached hydrogens (tertiary/aromatic N) is 1. The van der Waals surface area contributed by atoms with E-state index in [1.165, 1.54) is 11.1 Å². The first-order chi connectivity index (χ1) is 9.61. The van der Waals surface area contributed by atoms with Gasteiger partial charge in [0.15, 0.2) is 0 Å². The first-order valence-corrected chi connectivity index (χ1v) is 7.21. The van der Waals surface area contributed by atoms with Crippen LogP contribution >= 0.6 is 0 Å². The zero-order valence-corrected chi connectivity index (χ0v) is 11.2. The lowest BCUT2D eigenvalue weighted by Gasteiger charge is -2.35. The van der Waals surface area contributed by atoms with Gasteiger partial charge in [0, 0.05) is 18.5 Å². The molecule has 20 heavy (non-hydrogen) atoms. The van der Waals surface area contributed by atoms with Gasteiger partial charge in [-0.05, 0) is 30.4 Å². The van der Waals surface area contributed by atoms with Crippen LogP contribution in [0.5, 0.6) is 0 Å². The number of fused-ring (bicyclic) bond motifs is 2. The van der Waals surface area contributed by atoms with Crippen molar-refractivity contribution in [1.29, 1.82) is 0 Å². The molecule has 4 rings (SSSR count). The van der Waals surface area contributed by atoms with Crippen LogP contribution in [0.25, 0.3) is 0 Å². The van der Waals surface area contributed by atoms with Gasteiger partial charge in [0.25, 0.3) is 0 Å². The van der Waals surface area contributed by atoms with Gasteiger partial charge >= 0.3 is 5.97 Å². The molecule has 4 heteroatoms. The smallest absolute Gasteiger partial charge is 0.307 e. The fourth-order valence-electron chi connectivity index (χ4n) is 3.60. The van der Waals surface area contributed by atoms with Crippen molar-refractivity contribution in [1.82, 2.24) is 4.90 Å². The van der Waals surface area contributed by atoms with E-state index < -0.39 is 11.9 Å². The van der Waals surface area contributed by atoms with E-state index in [4.69, 9.17) is 5.11 Å². The second-order valence-corrected chi connectivity index (χ2v) is 6.42. The number of aliphatic carboxylic acids is 1. The molecule has 0 aromatic heterocycles.